The number of phenolic OH excluding ortho intramolecular Hbond substituents is 1. The molecule has 0 aliphatic heterocycles. The second kappa shape index (κ2) is 6.03. The highest BCUT2D eigenvalue weighted by Gasteiger charge is 1.98. The number of nitrogens with one attached hydrogen (secondary N) is 2. The molecule has 0 atom stereocenters. The third-order valence-corrected chi connectivity index (χ3v) is 1.90. The van der Waals surface area contributed by atoms with Gasteiger partial charge in [-0.05, 0) is 24.6 Å². The second-order valence-electron chi connectivity index (χ2n) is 3.23. The second-order valence-corrected chi connectivity index (χ2v) is 3.23. The van der Waals surface area contributed by atoms with Crippen molar-refractivity contribution in [2.75, 3.05) is 13.1 Å². The van der Waals surface area contributed by atoms with Crippen LogP contribution in [0.5, 0.6) is 5.75 Å². The fourth-order valence-corrected chi connectivity index (χ4v) is 1.25. The lowest BCUT2D eigenvalue weighted by Crippen LogP contribution is -2.33. The molecule has 82 valence electrons. The van der Waals surface area contributed by atoms with E-state index in [0.29, 0.717) is 19.6 Å². The van der Waals surface area contributed by atoms with Gasteiger partial charge >= 0.3 is 0 Å². The summed E-state index contributed by atoms with van der Waals surface area (Å²) in [5, 5.41) is 14.9. The van der Waals surface area contributed by atoms with Crippen LogP contribution in [0.1, 0.15) is 12.5 Å². The van der Waals surface area contributed by atoms with E-state index in [4.69, 9.17) is 0 Å². The fourth-order valence-electron chi connectivity index (χ4n) is 1.25. The van der Waals surface area contributed by atoms with E-state index in [9.17, 15) is 9.90 Å². The first kappa shape index (κ1) is 11.5. The molecule has 0 bridgehead atoms. The van der Waals surface area contributed by atoms with Crippen molar-refractivity contribution in [3.63, 3.8) is 0 Å². The molecule has 4 nitrogen and oxygen atoms in total. The molecule has 4 heteroatoms. The van der Waals surface area contributed by atoms with Gasteiger partial charge in [-0.3, -0.25) is 4.79 Å². The van der Waals surface area contributed by atoms with Gasteiger partial charge < -0.3 is 15.7 Å². The number of carbonyl (C=O) groups is 1. The summed E-state index contributed by atoms with van der Waals surface area (Å²) in [6.45, 7) is 3.40. The molecule has 0 saturated carbocycles. The number of carbonyl (C=O) groups excluding carboxylic acids is 1. The molecule has 0 fully saturated rings. The van der Waals surface area contributed by atoms with Crippen LogP contribution >= 0.6 is 0 Å². The molecule has 0 spiro atoms. The molecule has 1 amide bonds. The Bertz CT molecular complexity index is 326. The highest BCUT2D eigenvalue weighted by Crippen LogP contribution is 2.09. The molecule has 0 aliphatic rings. The first-order valence-electron chi connectivity index (χ1n) is 4.97. The summed E-state index contributed by atoms with van der Waals surface area (Å²) in [6.07, 6.45) is 0. The van der Waals surface area contributed by atoms with Crippen LogP contribution in [-0.2, 0) is 11.3 Å². The van der Waals surface area contributed by atoms with Crippen molar-refractivity contribution in [3.05, 3.63) is 29.8 Å². The van der Waals surface area contributed by atoms with E-state index in [2.05, 4.69) is 10.6 Å². The zero-order chi connectivity index (χ0) is 11.1. The van der Waals surface area contributed by atoms with Crippen molar-refractivity contribution in [2.45, 2.75) is 13.5 Å². The summed E-state index contributed by atoms with van der Waals surface area (Å²) in [5.41, 5.74) is 0.958. The maximum Gasteiger partial charge on any atom is 0.233 e. The lowest BCUT2D eigenvalue weighted by Gasteiger charge is -2.05. The van der Waals surface area contributed by atoms with E-state index < -0.39 is 0 Å². The predicted molar refractivity (Wildman–Crippen MR) is 58.5 cm³/mol. The number of hydrogen-bond acceptors (Lipinski definition) is 3. The van der Waals surface area contributed by atoms with Gasteiger partial charge in [0, 0.05) is 13.1 Å². The van der Waals surface area contributed by atoms with Crippen LogP contribution in [0.25, 0.3) is 0 Å². The van der Waals surface area contributed by atoms with Gasteiger partial charge in [-0.25, -0.2) is 0 Å². The molecule has 1 aromatic rings. The summed E-state index contributed by atoms with van der Waals surface area (Å²) >= 11 is 0. The van der Waals surface area contributed by atoms with Gasteiger partial charge in [-0.15, -0.1) is 0 Å². The number of aromatic hydroxyl groups is 1. The largest absolute Gasteiger partial charge is 0.508 e. The number of amides is 1. The third kappa shape index (κ3) is 4.46. The zero-order valence-electron chi connectivity index (χ0n) is 8.79. The van der Waals surface area contributed by atoms with E-state index in [-0.39, 0.29) is 11.7 Å². The highest BCUT2D eigenvalue weighted by molar-refractivity contribution is 5.77. The van der Waals surface area contributed by atoms with Crippen molar-refractivity contribution < 1.29 is 9.90 Å². The molecular weight excluding hydrogens is 192 g/mol. The number of phenols is 1. The lowest BCUT2D eigenvalue weighted by molar-refractivity contribution is -0.120. The van der Waals surface area contributed by atoms with E-state index in [0.717, 1.165) is 5.56 Å². The predicted octanol–water partition coefficient (Wildman–Crippen LogP) is 0.618. The Morgan fingerprint density at radius 1 is 1.47 bits per heavy atom. The lowest BCUT2D eigenvalue weighted by atomic mass is 10.2. The van der Waals surface area contributed by atoms with Crippen LogP contribution < -0.4 is 10.6 Å². The van der Waals surface area contributed by atoms with E-state index in [1.54, 1.807) is 18.2 Å². The quantitative estimate of drug-likeness (QED) is 0.664. The molecule has 1 aromatic carbocycles. The minimum Gasteiger partial charge on any atom is -0.508 e. The first-order chi connectivity index (χ1) is 7.22. The van der Waals surface area contributed by atoms with E-state index in [1.165, 1.54) is 0 Å². The molecule has 0 saturated heterocycles. The standard InChI is InChI=1S/C11H16N2O2/c1-2-13-11(15)8-12-7-9-4-3-5-10(14)6-9/h3-6,12,14H,2,7-8H2,1H3,(H,13,15). The Labute approximate surface area is 89.3 Å². The van der Waals surface area contributed by atoms with Gasteiger partial charge in [0.05, 0.1) is 6.54 Å². The third-order valence-electron chi connectivity index (χ3n) is 1.90. The van der Waals surface area contributed by atoms with Crippen molar-refractivity contribution in [2.24, 2.45) is 0 Å². The summed E-state index contributed by atoms with van der Waals surface area (Å²) in [4.78, 5) is 11.1. The van der Waals surface area contributed by atoms with Crippen LogP contribution in [0.4, 0.5) is 0 Å². The monoisotopic (exact) mass is 208 g/mol. The fraction of sp³-hybridized carbons (Fsp3) is 0.364. The highest BCUT2D eigenvalue weighted by atomic mass is 16.3. The van der Waals surface area contributed by atoms with Crippen molar-refractivity contribution >= 4 is 5.91 Å². The van der Waals surface area contributed by atoms with E-state index in [1.807, 2.05) is 13.0 Å². The molecule has 15 heavy (non-hydrogen) atoms. The number of likely N-dealkylation sites (N-methyl/N-ethyl adjacent to an activating group) is 1. The smallest absolute Gasteiger partial charge is 0.233 e. The van der Waals surface area contributed by atoms with Crippen LogP contribution in [0.15, 0.2) is 24.3 Å². The molecule has 1 rings (SSSR count). The summed E-state index contributed by atoms with van der Waals surface area (Å²) < 4.78 is 0. The Morgan fingerprint density at radius 3 is 2.93 bits per heavy atom. The van der Waals surface area contributed by atoms with Crippen LogP contribution in [-0.4, -0.2) is 24.1 Å². The van der Waals surface area contributed by atoms with Gasteiger partial charge in [-0.1, -0.05) is 12.1 Å². The topological polar surface area (TPSA) is 61.4 Å². The number of rotatable bonds is 5. The Kier molecular flexibility index (Phi) is 4.63. The Hall–Kier alpha value is -1.55. The molecule has 0 aromatic heterocycles. The van der Waals surface area contributed by atoms with Crippen molar-refractivity contribution in [1.82, 2.24) is 10.6 Å². The summed E-state index contributed by atoms with van der Waals surface area (Å²) in [7, 11) is 0. The number of benzene rings is 1. The van der Waals surface area contributed by atoms with Gasteiger partial charge in [0.15, 0.2) is 0 Å². The molecule has 0 radical (unpaired) electrons. The minimum absolute atomic E-state index is 0.0161. The minimum atomic E-state index is -0.0161. The van der Waals surface area contributed by atoms with Gasteiger partial charge in [-0.2, -0.15) is 0 Å². The first-order valence-corrected chi connectivity index (χ1v) is 4.97. The molecular formula is C11H16N2O2. The maximum absolute atomic E-state index is 11.1. The van der Waals surface area contributed by atoms with E-state index >= 15 is 0 Å². The average molecular weight is 208 g/mol. The molecule has 3 N–H and O–H groups in total. The summed E-state index contributed by atoms with van der Waals surface area (Å²) in [6, 6.07) is 6.96. The van der Waals surface area contributed by atoms with Crippen LogP contribution in [0, 0.1) is 0 Å². The van der Waals surface area contributed by atoms with Crippen LogP contribution in [0.2, 0.25) is 0 Å². The average Bonchev–Trinajstić information content (AvgIpc) is 2.18. The maximum atomic E-state index is 11.1. The van der Waals surface area contributed by atoms with Gasteiger partial charge in [0.2, 0.25) is 5.91 Å². The van der Waals surface area contributed by atoms with Crippen molar-refractivity contribution in [3.8, 4) is 5.75 Å². The van der Waals surface area contributed by atoms with Gasteiger partial charge in [0.25, 0.3) is 0 Å². The Morgan fingerprint density at radius 2 is 2.27 bits per heavy atom. The SMILES string of the molecule is CCNC(=O)CNCc1cccc(O)c1. The molecule has 0 aliphatic carbocycles. The zero-order valence-corrected chi connectivity index (χ0v) is 8.79. The molecule has 0 heterocycles. The van der Waals surface area contributed by atoms with Crippen LogP contribution in [0.3, 0.4) is 0 Å². The normalized spacial score (nSPS) is 9.93. The van der Waals surface area contributed by atoms with Crippen molar-refractivity contribution in [1.29, 1.82) is 0 Å². The number of hydrogen-bond donors (Lipinski definition) is 3. The molecule has 0 unspecified atom stereocenters. The van der Waals surface area contributed by atoms with Gasteiger partial charge in [0.1, 0.15) is 5.75 Å². The summed E-state index contributed by atoms with van der Waals surface area (Å²) in [5.74, 6) is 0.227. The Balaban J connectivity index is 2.28.